The minimum atomic E-state index is -0.0834. The molecule has 1 fully saturated rings. The van der Waals surface area contributed by atoms with E-state index >= 15 is 0 Å². The molecule has 2 aromatic heterocycles. The van der Waals surface area contributed by atoms with Crippen molar-refractivity contribution in [1.29, 1.82) is 0 Å². The molecule has 0 aliphatic carbocycles. The second kappa shape index (κ2) is 8.11. The first-order chi connectivity index (χ1) is 13.6. The Balaban J connectivity index is 1.73. The minimum absolute atomic E-state index is 0.0813. The molecule has 0 spiro atoms. The molecular formula is C21H19Cl2N3OS. The summed E-state index contributed by atoms with van der Waals surface area (Å²) in [7, 11) is 0. The number of aromatic nitrogens is 1. The van der Waals surface area contributed by atoms with Gasteiger partial charge in [0.05, 0.1) is 16.8 Å². The fraction of sp³-hybridized carbons (Fsp3) is 0.238. The summed E-state index contributed by atoms with van der Waals surface area (Å²) in [5, 5.41) is 5.27. The molecular weight excluding hydrogens is 413 g/mol. The van der Waals surface area contributed by atoms with E-state index < -0.39 is 0 Å². The second-order valence-corrected chi connectivity index (χ2v) is 7.88. The van der Waals surface area contributed by atoms with E-state index in [-0.39, 0.29) is 12.1 Å². The molecule has 4 nitrogen and oxygen atoms in total. The van der Waals surface area contributed by atoms with Crippen LogP contribution in [0.25, 0.3) is 11.3 Å². The highest BCUT2D eigenvalue weighted by molar-refractivity contribution is 7.80. The van der Waals surface area contributed by atoms with Crippen molar-refractivity contribution in [2.45, 2.75) is 25.4 Å². The van der Waals surface area contributed by atoms with Crippen molar-refractivity contribution < 1.29 is 4.42 Å². The van der Waals surface area contributed by atoms with Crippen LogP contribution in [0, 0.1) is 0 Å². The lowest BCUT2D eigenvalue weighted by molar-refractivity contribution is 0.275. The molecule has 0 saturated carbocycles. The van der Waals surface area contributed by atoms with Crippen LogP contribution in [0.5, 0.6) is 0 Å². The average molecular weight is 432 g/mol. The zero-order valence-electron chi connectivity index (χ0n) is 15.2. The number of halogens is 2. The Labute approximate surface area is 179 Å². The van der Waals surface area contributed by atoms with Gasteiger partial charge in [0.25, 0.3) is 0 Å². The van der Waals surface area contributed by atoms with Gasteiger partial charge in [-0.15, -0.1) is 0 Å². The summed E-state index contributed by atoms with van der Waals surface area (Å²) in [6.07, 6.45) is 2.77. The zero-order valence-corrected chi connectivity index (χ0v) is 17.6. The molecule has 1 saturated heterocycles. The van der Waals surface area contributed by atoms with E-state index in [0.29, 0.717) is 20.9 Å². The molecule has 144 valence electrons. The maximum Gasteiger partial charge on any atom is 0.170 e. The van der Waals surface area contributed by atoms with E-state index in [1.165, 1.54) is 0 Å². The number of benzene rings is 1. The van der Waals surface area contributed by atoms with E-state index in [9.17, 15) is 0 Å². The van der Waals surface area contributed by atoms with E-state index in [1.807, 2.05) is 36.4 Å². The van der Waals surface area contributed by atoms with Crippen molar-refractivity contribution in [1.82, 2.24) is 15.2 Å². The Morgan fingerprint density at radius 3 is 2.75 bits per heavy atom. The molecule has 3 heterocycles. The largest absolute Gasteiger partial charge is 0.459 e. The van der Waals surface area contributed by atoms with Gasteiger partial charge in [-0.1, -0.05) is 36.2 Å². The summed E-state index contributed by atoms with van der Waals surface area (Å²) in [6, 6.07) is 15.0. The number of furan rings is 1. The normalized spacial score (nSPS) is 19.1. The van der Waals surface area contributed by atoms with Gasteiger partial charge in [-0.25, -0.2) is 0 Å². The number of rotatable bonds is 5. The molecule has 0 radical (unpaired) electrons. The third kappa shape index (κ3) is 3.62. The van der Waals surface area contributed by atoms with Crippen molar-refractivity contribution >= 4 is 40.5 Å². The first-order valence-electron chi connectivity index (χ1n) is 9.11. The monoisotopic (exact) mass is 431 g/mol. The van der Waals surface area contributed by atoms with Crippen LogP contribution >= 0.6 is 35.4 Å². The quantitative estimate of drug-likeness (QED) is 0.499. The van der Waals surface area contributed by atoms with Crippen LogP contribution in [0.2, 0.25) is 10.0 Å². The molecule has 1 N–H and O–H groups in total. The van der Waals surface area contributed by atoms with Crippen molar-refractivity contribution in [2.24, 2.45) is 0 Å². The molecule has 7 heteroatoms. The van der Waals surface area contributed by atoms with Crippen molar-refractivity contribution in [3.05, 3.63) is 76.2 Å². The van der Waals surface area contributed by atoms with E-state index in [2.05, 4.69) is 22.1 Å². The molecule has 2 atom stereocenters. The number of hydrogen-bond donors (Lipinski definition) is 1. The third-order valence-corrected chi connectivity index (χ3v) is 5.68. The number of nitrogens with zero attached hydrogens (tertiary/aromatic N) is 2. The van der Waals surface area contributed by atoms with Crippen molar-refractivity contribution in [3.8, 4) is 11.3 Å². The van der Waals surface area contributed by atoms with Gasteiger partial charge in [-0.2, -0.15) is 0 Å². The zero-order chi connectivity index (χ0) is 19.7. The lowest BCUT2D eigenvalue weighted by Gasteiger charge is -2.25. The van der Waals surface area contributed by atoms with Crippen LogP contribution in [-0.4, -0.2) is 21.5 Å². The van der Waals surface area contributed by atoms with Crippen LogP contribution in [0.3, 0.4) is 0 Å². The van der Waals surface area contributed by atoms with Crippen LogP contribution in [0.15, 0.2) is 59.1 Å². The van der Waals surface area contributed by atoms with E-state index in [4.69, 9.17) is 39.8 Å². The van der Waals surface area contributed by atoms with Crippen LogP contribution < -0.4 is 5.32 Å². The molecule has 0 unspecified atom stereocenters. The van der Waals surface area contributed by atoms with Gasteiger partial charge < -0.3 is 14.6 Å². The Morgan fingerprint density at radius 2 is 2.04 bits per heavy atom. The standard InChI is InChI=1S/C21H19Cl2N3OS/c1-2-11-26-20(19(25-21(26)28)16-5-3-4-10-24-16)18-9-8-17(27-18)14-7-6-13(22)12-15(14)23/h3-10,12,19-20H,2,11H2,1H3,(H,25,28)/t19-,20+/m0/s1. The average Bonchev–Trinajstić information content (AvgIpc) is 3.28. The highest BCUT2D eigenvalue weighted by Crippen LogP contribution is 2.41. The molecule has 4 rings (SSSR count). The summed E-state index contributed by atoms with van der Waals surface area (Å²) in [6.45, 7) is 2.96. The van der Waals surface area contributed by atoms with Gasteiger partial charge >= 0.3 is 0 Å². The van der Waals surface area contributed by atoms with Gasteiger partial charge in [-0.3, -0.25) is 4.98 Å². The minimum Gasteiger partial charge on any atom is -0.459 e. The maximum atomic E-state index is 6.36. The van der Waals surface area contributed by atoms with Gasteiger partial charge in [0, 0.05) is 23.3 Å². The van der Waals surface area contributed by atoms with Crippen LogP contribution in [0.1, 0.15) is 36.9 Å². The summed E-state index contributed by atoms with van der Waals surface area (Å²) in [5.41, 5.74) is 1.73. The Hall–Kier alpha value is -2.08. The summed E-state index contributed by atoms with van der Waals surface area (Å²) >= 11 is 18.0. The second-order valence-electron chi connectivity index (χ2n) is 6.65. The van der Waals surface area contributed by atoms with Gasteiger partial charge in [-0.05, 0) is 61.1 Å². The molecule has 0 bridgehead atoms. The number of nitrogens with one attached hydrogen (secondary N) is 1. The number of thiocarbonyl (C=S) groups is 1. The van der Waals surface area contributed by atoms with Gasteiger partial charge in [0.15, 0.2) is 5.11 Å². The highest BCUT2D eigenvalue weighted by atomic mass is 35.5. The third-order valence-electron chi connectivity index (χ3n) is 4.78. The first-order valence-corrected chi connectivity index (χ1v) is 10.3. The van der Waals surface area contributed by atoms with E-state index in [1.54, 1.807) is 18.3 Å². The lowest BCUT2D eigenvalue weighted by Crippen LogP contribution is -2.30. The number of hydrogen-bond acceptors (Lipinski definition) is 3. The lowest BCUT2D eigenvalue weighted by atomic mass is 10.0. The summed E-state index contributed by atoms with van der Waals surface area (Å²) in [5.74, 6) is 1.52. The molecule has 1 aromatic carbocycles. The van der Waals surface area contributed by atoms with Crippen molar-refractivity contribution in [2.75, 3.05) is 6.54 Å². The summed E-state index contributed by atoms with van der Waals surface area (Å²) < 4.78 is 6.25. The van der Waals surface area contributed by atoms with Crippen LogP contribution in [-0.2, 0) is 0 Å². The predicted octanol–water partition coefficient (Wildman–Crippen LogP) is 6.03. The molecule has 1 aliphatic rings. The first kappa shape index (κ1) is 19.2. The highest BCUT2D eigenvalue weighted by Gasteiger charge is 2.41. The molecule has 3 aromatic rings. The summed E-state index contributed by atoms with van der Waals surface area (Å²) in [4.78, 5) is 6.70. The maximum absolute atomic E-state index is 6.36. The van der Waals surface area contributed by atoms with Gasteiger partial charge in [0.2, 0.25) is 0 Å². The predicted molar refractivity (Wildman–Crippen MR) is 117 cm³/mol. The fourth-order valence-corrected chi connectivity index (χ4v) is 4.38. The molecule has 28 heavy (non-hydrogen) atoms. The van der Waals surface area contributed by atoms with Crippen LogP contribution in [0.4, 0.5) is 0 Å². The SMILES string of the molecule is CCCN1C(=S)N[C@@H](c2ccccn2)[C@H]1c1ccc(-c2ccc(Cl)cc2Cl)o1. The van der Waals surface area contributed by atoms with Gasteiger partial charge in [0.1, 0.15) is 17.6 Å². The Morgan fingerprint density at radius 1 is 1.18 bits per heavy atom. The Bertz CT molecular complexity index is 992. The Kier molecular flexibility index (Phi) is 5.58. The fourth-order valence-electron chi connectivity index (χ4n) is 3.54. The number of pyridine rings is 1. The molecule has 0 amide bonds. The molecule has 1 aliphatic heterocycles. The smallest absolute Gasteiger partial charge is 0.170 e. The topological polar surface area (TPSA) is 41.3 Å². The van der Waals surface area contributed by atoms with E-state index in [0.717, 1.165) is 30.0 Å². The van der Waals surface area contributed by atoms with Crippen molar-refractivity contribution in [3.63, 3.8) is 0 Å².